The minimum atomic E-state index is 0.126. The van der Waals surface area contributed by atoms with E-state index in [-0.39, 0.29) is 5.78 Å². The molecule has 104 valence electrons. The monoisotopic (exact) mass is 324 g/mol. The second-order valence-corrected chi connectivity index (χ2v) is 6.29. The van der Waals surface area contributed by atoms with Gasteiger partial charge in [0.15, 0.2) is 5.78 Å². The smallest absolute Gasteiger partial charge is 0.161 e. The molecule has 1 aromatic rings. The molecule has 19 heavy (non-hydrogen) atoms. The zero-order valence-electron chi connectivity index (χ0n) is 11.8. The molecule has 3 nitrogen and oxygen atoms in total. The molecule has 0 N–H and O–H groups in total. The fourth-order valence-electron chi connectivity index (χ4n) is 2.77. The Balaban J connectivity index is 2.37. The molecule has 0 spiro atoms. The van der Waals surface area contributed by atoms with E-state index in [0.717, 1.165) is 41.8 Å². The number of hydrogen-bond acceptors (Lipinski definition) is 3. The van der Waals surface area contributed by atoms with Gasteiger partial charge < -0.3 is 9.80 Å². The van der Waals surface area contributed by atoms with Crippen molar-refractivity contribution in [1.29, 1.82) is 0 Å². The van der Waals surface area contributed by atoms with E-state index in [1.807, 2.05) is 12.1 Å². The number of halogens is 1. The summed E-state index contributed by atoms with van der Waals surface area (Å²) in [6.45, 7) is 7.03. The Morgan fingerprint density at radius 2 is 2.11 bits per heavy atom. The summed E-state index contributed by atoms with van der Waals surface area (Å²) < 4.78 is 0.959. The number of hydrogen-bond donors (Lipinski definition) is 0. The van der Waals surface area contributed by atoms with E-state index in [4.69, 9.17) is 0 Å². The van der Waals surface area contributed by atoms with E-state index in [1.165, 1.54) is 0 Å². The number of nitrogens with zero attached hydrogens (tertiary/aromatic N) is 2. The topological polar surface area (TPSA) is 23.6 Å². The molecule has 0 aromatic heterocycles. The molecular formula is C15H21BrN2O. The summed E-state index contributed by atoms with van der Waals surface area (Å²) in [5.74, 6) is 0.126. The number of ketones is 1. The van der Waals surface area contributed by atoms with Gasteiger partial charge >= 0.3 is 0 Å². The van der Waals surface area contributed by atoms with Crippen molar-refractivity contribution < 1.29 is 4.79 Å². The van der Waals surface area contributed by atoms with Crippen molar-refractivity contribution in [3.8, 4) is 0 Å². The van der Waals surface area contributed by atoms with Crippen LogP contribution in [0.2, 0.25) is 0 Å². The summed E-state index contributed by atoms with van der Waals surface area (Å²) in [6.07, 6.45) is 1.13. The van der Waals surface area contributed by atoms with Crippen LogP contribution < -0.4 is 4.90 Å². The van der Waals surface area contributed by atoms with E-state index in [9.17, 15) is 4.79 Å². The third-order valence-electron chi connectivity index (χ3n) is 3.69. The molecule has 0 saturated carbocycles. The number of likely N-dealkylation sites (N-methyl/N-ethyl adjacent to an activating group) is 1. The second kappa shape index (κ2) is 6.06. The fourth-order valence-corrected chi connectivity index (χ4v) is 3.13. The maximum atomic E-state index is 11.9. The van der Waals surface area contributed by atoms with Gasteiger partial charge in [-0.3, -0.25) is 4.79 Å². The third-order valence-corrected chi connectivity index (χ3v) is 4.19. The average Bonchev–Trinajstić information content (AvgIpc) is 2.50. The molecule has 1 saturated heterocycles. The number of carbonyl (C=O) groups excluding carboxylic acids is 1. The number of carbonyl (C=O) groups is 1. The Labute approximate surface area is 123 Å². The Kier molecular flexibility index (Phi) is 4.63. The van der Waals surface area contributed by atoms with Crippen LogP contribution in [-0.4, -0.2) is 43.4 Å². The minimum Gasteiger partial charge on any atom is -0.367 e. The van der Waals surface area contributed by atoms with Crippen molar-refractivity contribution in [1.82, 2.24) is 4.90 Å². The zero-order chi connectivity index (χ0) is 14.0. The summed E-state index contributed by atoms with van der Waals surface area (Å²) in [4.78, 5) is 16.6. The van der Waals surface area contributed by atoms with Crippen LogP contribution in [-0.2, 0) is 0 Å². The normalized spacial score (nSPS) is 21.3. The molecule has 4 heteroatoms. The summed E-state index contributed by atoms with van der Waals surface area (Å²) in [5, 5.41) is 0. The largest absolute Gasteiger partial charge is 0.367 e. The molecule has 1 unspecified atom stereocenters. The molecule has 1 aromatic carbocycles. The Hall–Kier alpha value is -0.870. The van der Waals surface area contributed by atoms with Crippen LogP contribution in [0.25, 0.3) is 0 Å². The van der Waals surface area contributed by atoms with Crippen molar-refractivity contribution in [2.24, 2.45) is 0 Å². The summed E-state index contributed by atoms with van der Waals surface area (Å²) in [5.41, 5.74) is 1.88. The summed E-state index contributed by atoms with van der Waals surface area (Å²) in [7, 11) is 2.16. The molecule has 2 rings (SSSR count). The van der Waals surface area contributed by atoms with Crippen LogP contribution in [0, 0.1) is 0 Å². The highest BCUT2D eigenvalue weighted by molar-refractivity contribution is 9.10. The summed E-state index contributed by atoms with van der Waals surface area (Å²) >= 11 is 3.45. The van der Waals surface area contributed by atoms with Crippen LogP contribution in [0.3, 0.4) is 0 Å². The molecule has 0 bridgehead atoms. The van der Waals surface area contributed by atoms with Crippen molar-refractivity contribution in [3.63, 3.8) is 0 Å². The van der Waals surface area contributed by atoms with Crippen molar-refractivity contribution in [3.05, 3.63) is 28.2 Å². The highest BCUT2D eigenvalue weighted by Crippen LogP contribution is 2.28. The van der Waals surface area contributed by atoms with Crippen LogP contribution in [0.1, 0.15) is 30.6 Å². The number of anilines is 1. The van der Waals surface area contributed by atoms with Gasteiger partial charge in [0.1, 0.15) is 0 Å². The maximum absolute atomic E-state index is 11.9. The highest BCUT2D eigenvalue weighted by Gasteiger charge is 2.22. The SMILES string of the molecule is CC(=O)c1cc(Br)ccc1N1CCCN(C)CC1C. The first-order valence-corrected chi connectivity index (χ1v) is 7.54. The number of Topliss-reactive ketones (excluding diaryl/α,β-unsaturated/α-hetero) is 1. The van der Waals surface area contributed by atoms with E-state index in [0.29, 0.717) is 6.04 Å². The van der Waals surface area contributed by atoms with Gasteiger partial charge in [-0.2, -0.15) is 0 Å². The quantitative estimate of drug-likeness (QED) is 0.780. The first-order valence-electron chi connectivity index (χ1n) is 6.74. The van der Waals surface area contributed by atoms with Gasteiger partial charge in [0.05, 0.1) is 0 Å². The van der Waals surface area contributed by atoms with Crippen LogP contribution in [0.5, 0.6) is 0 Å². The van der Waals surface area contributed by atoms with Crippen molar-refractivity contribution in [2.45, 2.75) is 26.3 Å². The first kappa shape index (κ1) is 14.5. The predicted molar refractivity (Wildman–Crippen MR) is 83.1 cm³/mol. The lowest BCUT2D eigenvalue weighted by molar-refractivity contribution is 0.101. The Morgan fingerprint density at radius 3 is 2.79 bits per heavy atom. The maximum Gasteiger partial charge on any atom is 0.161 e. The van der Waals surface area contributed by atoms with Crippen LogP contribution >= 0.6 is 15.9 Å². The fraction of sp³-hybridized carbons (Fsp3) is 0.533. The molecule has 1 heterocycles. The van der Waals surface area contributed by atoms with Gasteiger partial charge in [-0.15, -0.1) is 0 Å². The molecule has 1 aliphatic rings. The Bertz CT molecular complexity index is 475. The van der Waals surface area contributed by atoms with Crippen molar-refractivity contribution in [2.75, 3.05) is 31.6 Å². The summed E-state index contributed by atoms with van der Waals surface area (Å²) in [6, 6.07) is 6.43. The lowest BCUT2D eigenvalue weighted by Gasteiger charge is -2.31. The van der Waals surface area contributed by atoms with E-state index in [1.54, 1.807) is 6.92 Å². The molecule has 0 radical (unpaired) electrons. The third kappa shape index (κ3) is 3.37. The Morgan fingerprint density at radius 1 is 1.37 bits per heavy atom. The predicted octanol–water partition coefficient (Wildman–Crippen LogP) is 3.18. The van der Waals surface area contributed by atoms with Gasteiger partial charge in [0.25, 0.3) is 0 Å². The highest BCUT2D eigenvalue weighted by atomic mass is 79.9. The van der Waals surface area contributed by atoms with E-state index < -0.39 is 0 Å². The van der Waals surface area contributed by atoms with E-state index in [2.05, 4.69) is 45.8 Å². The van der Waals surface area contributed by atoms with Gasteiger partial charge in [-0.1, -0.05) is 15.9 Å². The van der Waals surface area contributed by atoms with E-state index >= 15 is 0 Å². The van der Waals surface area contributed by atoms with Crippen molar-refractivity contribution >= 4 is 27.4 Å². The van der Waals surface area contributed by atoms with Gasteiger partial charge in [0.2, 0.25) is 0 Å². The van der Waals surface area contributed by atoms with Crippen LogP contribution in [0.15, 0.2) is 22.7 Å². The second-order valence-electron chi connectivity index (χ2n) is 5.38. The lowest BCUT2D eigenvalue weighted by Crippen LogP contribution is -2.38. The molecular weight excluding hydrogens is 304 g/mol. The number of rotatable bonds is 2. The zero-order valence-corrected chi connectivity index (χ0v) is 13.4. The molecule has 1 aliphatic heterocycles. The average molecular weight is 325 g/mol. The standard InChI is InChI=1S/C15H21BrN2O/c1-11-10-17(3)7-4-8-18(11)15-6-5-13(16)9-14(15)12(2)19/h5-6,9,11H,4,7-8,10H2,1-3H3. The lowest BCUT2D eigenvalue weighted by atomic mass is 10.1. The van der Waals surface area contributed by atoms with Crippen LogP contribution in [0.4, 0.5) is 5.69 Å². The van der Waals surface area contributed by atoms with Gasteiger partial charge in [0, 0.05) is 34.9 Å². The minimum absolute atomic E-state index is 0.126. The number of benzene rings is 1. The van der Waals surface area contributed by atoms with Gasteiger partial charge in [-0.05, 0) is 52.1 Å². The molecule has 0 aliphatic carbocycles. The first-order chi connectivity index (χ1) is 8.99. The van der Waals surface area contributed by atoms with Gasteiger partial charge in [-0.25, -0.2) is 0 Å². The molecule has 1 atom stereocenters. The molecule has 1 fully saturated rings. The molecule has 0 amide bonds.